The highest BCUT2D eigenvalue weighted by Gasteiger charge is 2.58. The molecule has 1 N–H and O–H groups in total. The van der Waals surface area contributed by atoms with Gasteiger partial charge in [0, 0.05) is 48.1 Å². The van der Waals surface area contributed by atoms with Crippen molar-refractivity contribution < 1.29 is 56.5 Å². The fourth-order valence-corrected chi connectivity index (χ4v) is 12.9. The van der Waals surface area contributed by atoms with E-state index in [2.05, 4.69) is 44.2 Å². The summed E-state index contributed by atoms with van der Waals surface area (Å²) in [5, 5.41) is 25.0. The second-order valence-electron chi connectivity index (χ2n) is 18.7. The SMILES string of the molecule is CCCOP(OCCC)(OCCC)=C(C(=O)OCc1ccc([N+](=O)[O-])cc1)N1C(=O)C(C(C)O[Si](C)(C)C(C)(C)C)C1CC(=O)SC(C)C1CNCCC1C=NC(=O)OCc1ccc([N+](=O)[O-])cc1. The third kappa shape index (κ3) is 15.6. The fourth-order valence-electron chi connectivity index (χ4n) is 7.64. The van der Waals surface area contributed by atoms with Crippen LogP contribution in [0.15, 0.2) is 53.5 Å². The Balaban J connectivity index is 1.69. The first-order valence-corrected chi connectivity index (χ1v) is 28.9. The van der Waals surface area contributed by atoms with Crippen molar-refractivity contribution >= 4 is 73.7 Å². The number of likely N-dealkylation sites (tertiary alicyclic amines) is 1. The molecule has 0 bridgehead atoms. The number of amides is 2. The molecule has 0 radical (unpaired) electrons. The lowest BCUT2D eigenvalue weighted by Crippen LogP contribution is -2.69. The number of aliphatic imine (C=N–C) groups is 1. The van der Waals surface area contributed by atoms with Gasteiger partial charge in [-0.3, -0.25) is 34.7 Å². The maximum Gasteiger partial charge on any atom is 0.433 e. The second-order valence-corrected chi connectivity index (χ2v) is 27.1. The maximum absolute atomic E-state index is 14.9. The number of nitrogens with zero attached hydrogens (tertiary/aromatic N) is 4. The summed E-state index contributed by atoms with van der Waals surface area (Å²) in [6.07, 6.45) is 2.10. The Morgan fingerprint density at radius 2 is 1.39 bits per heavy atom. The van der Waals surface area contributed by atoms with Crippen LogP contribution in [0.1, 0.15) is 98.6 Å². The molecule has 0 spiro atoms. The molecule has 2 saturated heterocycles. The van der Waals surface area contributed by atoms with Crippen molar-refractivity contribution in [1.82, 2.24) is 10.2 Å². The number of carbonyl (C=O) groups excluding carboxylic acids is 4. The molecule has 69 heavy (non-hydrogen) atoms. The Hall–Kier alpha value is -4.34. The molecular formula is C47H70N5O14PSSi. The summed E-state index contributed by atoms with van der Waals surface area (Å²) in [5.41, 5.74) is 0.546. The van der Waals surface area contributed by atoms with E-state index in [9.17, 15) is 39.4 Å². The Kier molecular flexibility index (Phi) is 21.7. The number of nitrogens with one attached hydrogen (secondary N) is 1. The van der Waals surface area contributed by atoms with E-state index >= 15 is 0 Å². The molecule has 6 unspecified atom stereocenters. The van der Waals surface area contributed by atoms with Gasteiger partial charge in [0.2, 0.25) is 11.3 Å². The third-order valence-corrected chi connectivity index (χ3v) is 20.6. The number of non-ortho nitro benzene ring substituents is 2. The van der Waals surface area contributed by atoms with Gasteiger partial charge in [-0.2, -0.15) is 4.99 Å². The molecule has 4 rings (SSSR count). The van der Waals surface area contributed by atoms with Gasteiger partial charge in [-0.15, -0.1) is 0 Å². The highest BCUT2D eigenvalue weighted by Crippen LogP contribution is 2.56. The summed E-state index contributed by atoms with van der Waals surface area (Å²) in [7, 11) is -6.38. The summed E-state index contributed by atoms with van der Waals surface area (Å²) >= 11 is 1.11. The van der Waals surface area contributed by atoms with E-state index in [0.29, 0.717) is 49.9 Å². The van der Waals surface area contributed by atoms with Gasteiger partial charge in [0.15, 0.2) is 13.4 Å². The molecular weight excluding hydrogens is 950 g/mol. The van der Waals surface area contributed by atoms with Crippen LogP contribution < -0.4 is 5.32 Å². The highest BCUT2D eigenvalue weighted by atomic mass is 32.2. The number of piperidine rings is 1. The van der Waals surface area contributed by atoms with Gasteiger partial charge in [-0.05, 0) is 105 Å². The molecule has 6 atom stereocenters. The molecule has 0 saturated carbocycles. The summed E-state index contributed by atoms with van der Waals surface area (Å²) in [6, 6.07) is 10.3. The summed E-state index contributed by atoms with van der Waals surface area (Å²) in [5.74, 6) is -2.61. The first-order chi connectivity index (χ1) is 32.6. The van der Waals surface area contributed by atoms with Crippen molar-refractivity contribution in [3.8, 4) is 0 Å². The Morgan fingerprint density at radius 3 is 1.87 bits per heavy atom. The molecule has 2 aromatic rings. The molecule has 2 aromatic carbocycles. The zero-order valence-electron chi connectivity index (χ0n) is 41.5. The lowest BCUT2D eigenvalue weighted by atomic mass is 9.81. The predicted octanol–water partition coefficient (Wildman–Crippen LogP) is 9.63. The van der Waals surface area contributed by atoms with E-state index in [1.807, 2.05) is 34.6 Å². The van der Waals surface area contributed by atoms with Gasteiger partial charge < -0.3 is 32.8 Å². The van der Waals surface area contributed by atoms with Crippen LogP contribution in [0.3, 0.4) is 0 Å². The molecule has 2 amide bonds. The fraction of sp³-hybridized carbons (Fsp3) is 0.617. The van der Waals surface area contributed by atoms with E-state index in [4.69, 9.17) is 27.5 Å². The lowest BCUT2D eigenvalue weighted by Gasteiger charge is -2.52. The van der Waals surface area contributed by atoms with Gasteiger partial charge in [0.25, 0.3) is 18.9 Å². The molecule has 2 aliphatic heterocycles. The van der Waals surface area contributed by atoms with Crippen LogP contribution in [0.5, 0.6) is 0 Å². The quantitative estimate of drug-likeness (QED) is 0.0185. The van der Waals surface area contributed by atoms with Crippen LogP contribution in [0, 0.1) is 38.0 Å². The minimum atomic E-state index is -3.90. The Bertz CT molecular complexity index is 2160. The standard InChI is InChI=1S/C47H70N5O14PSSi/c1-11-24-63-67(64-25-12-2,65-26-13-3)44(45(55)61-30-34-14-18-37(19-15-34)51(57)58)50-40(42(43(50)54)32(4)66-69(9,10)47(6,7)8)27-41(53)68-33(5)39-29-48-23-22-36(39)28-49-46(56)62-31-35-16-20-38(21-17-35)52(59)60/h14-21,28,32-33,36,39-40,42,48H,11-13,22-27,29-31H2,1-10H3. The summed E-state index contributed by atoms with van der Waals surface area (Å²) in [6.45, 7) is 21.0. The van der Waals surface area contributed by atoms with E-state index < -0.39 is 61.8 Å². The van der Waals surface area contributed by atoms with Gasteiger partial charge >= 0.3 is 12.1 Å². The molecule has 19 nitrogen and oxygen atoms in total. The van der Waals surface area contributed by atoms with Crippen molar-refractivity contribution in [3.63, 3.8) is 0 Å². The average Bonchev–Trinajstić information content (AvgIpc) is 3.30. The van der Waals surface area contributed by atoms with Gasteiger partial charge in [0.05, 0.1) is 47.7 Å². The minimum Gasteiger partial charge on any atom is -0.456 e. The van der Waals surface area contributed by atoms with Crippen LogP contribution in [-0.4, -0.2) is 108 Å². The van der Waals surface area contributed by atoms with Gasteiger partial charge in [0.1, 0.15) is 13.2 Å². The number of rotatable bonds is 25. The maximum atomic E-state index is 14.9. The number of β-lactam (4-membered cyclic amide) rings is 1. The van der Waals surface area contributed by atoms with Gasteiger partial charge in [-0.1, -0.05) is 60.2 Å². The minimum absolute atomic E-state index is 0.0787. The van der Waals surface area contributed by atoms with Crippen LogP contribution in [-0.2, 0) is 55.1 Å². The van der Waals surface area contributed by atoms with E-state index in [0.717, 1.165) is 11.8 Å². The number of nitro groups is 2. The van der Waals surface area contributed by atoms with Gasteiger partial charge in [-0.25, -0.2) is 9.59 Å². The first kappa shape index (κ1) is 57.2. The smallest absolute Gasteiger partial charge is 0.433 e. The summed E-state index contributed by atoms with van der Waals surface area (Å²) < 4.78 is 37.4. The van der Waals surface area contributed by atoms with E-state index in [1.54, 1.807) is 6.21 Å². The number of hydrogen-bond donors (Lipinski definition) is 1. The zero-order valence-corrected chi connectivity index (χ0v) is 44.2. The molecule has 0 aliphatic carbocycles. The van der Waals surface area contributed by atoms with Crippen molar-refractivity contribution in [3.05, 3.63) is 79.9 Å². The van der Waals surface area contributed by atoms with Crippen molar-refractivity contribution in [2.24, 2.45) is 22.7 Å². The molecule has 2 aliphatic rings. The molecule has 2 fully saturated rings. The number of hydrogen-bond acceptors (Lipinski definition) is 16. The van der Waals surface area contributed by atoms with E-state index in [1.165, 1.54) is 53.4 Å². The van der Waals surface area contributed by atoms with Crippen LogP contribution in [0.2, 0.25) is 18.1 Å². The number of esters is 1. The number of ether oxygens (including phenoxy) is 2. The van der Waals surface area contributed by atoms with Crippen LogP contribution >= 0.6 is 19.3 Å². The number of nitro benzene ring substituents is 2. The van der Waals surface area contributed by atoms with E-state index in [-0.39, 0.29) is 83.5 Å². The second kappa shape index (κ2) is 26.2. The lowest BCUT2D eigenvalue weighted by molar-refractivity contribution is -0.385. The highest BCUT2D eigenvalue weighted by molar-refractivity contribution is 8.14. The number of thioether (sulfide) groups is 1. The van der Waals surface area contributed by atoms with Crippen LogP contribution in [0.25, 0.3) is 0 Å². The van der Waals surface area contributed by atoms with Crippen molar-refractivity contribution in [2.45, 2.75) is 136 Å². The Morgan fingerprint density at radius 1 is 0.884 bits per heavy atom. The number of carbonyl (C=O) groups is 4. The third-order valence-electron chi connectivity index (χ3n) is 12.4. The molecule has 382 valence electrons. The normalized spacial score (nSPS) is 19.7. The summed E-state index contributed by atoms with van der Waals surface area (Å²) in [4.78, 5) is 83.6. The molecule has 2 heterocycles. The van der Waals surface area contributed by atoms with Crippen molar-refractivity contribution in [2.75, 3.05) is 32.9 Å². The monoisotopic (exact) mass is 1020 g/mol. The topological polar surface area (TPSA) is 238 Å². The molecule has 22 heteroatoms. The first-order valence-electron chi connectivity index (χ1n) is 23.6. The molecule has 0 aromatic heterocycles. The Labute approximate surface area is 410 Å². The largest absolute Gasteiger partial charge is 0.456 e. The van der Waals surface area contributed by atoms with Crippen molar-refractivity contribution in [1.29, 1.82) is 0 Å². The zero-order chi connectivity index (χ0) is 51.1. The average molecular weight is 1020 g/mol. The predicted molar refractivity (Wildman–Crippen MR) is 268 cm³/mol. The number of benzene rings is 2. The van der Waals surface area contributed by atoms with Crippen LogP contribution in [0.4, 0.5) is 16.2 Å².